The summed E-state index contributed by atoms with van der Waals surface area (Å²) < 4.78 is 27.0. The number of rotatable bonds is 7. The van der Waals surface area contributed by atoms with Crippen molar-refractivity contribution in [1.29, 1.82) is 0 Å². The van der Waals surface area contributed by atoms with Gasteiger partial charge in [0.25, 0.3) is 0 Å². The molecule has 0 radical (unpaired) electrons. The first-order valence-electron chi connectivity index (χ1n) is 5.64. The maximum atomic E-state index is 10.9. The van der Waals surface area contributed by atoms with Gasteiger partial charge >= 0.3 is 0 Å². The number of hydrogen-bond acceptors (Lipinski definition) is 5. The Labute approximate surface area is 102 Å². The van der Waals surface area contributed by atoms with Gasteiger partial charge in [0, 0.05) is 43.6 Å². The summed E-state index contributed by atoms with van der Waals surface area (Å²) in [6.45, 7) is 2.68. The molecule has 0 saturated carbocycles. The van der Waals surface area contributed by atoms with Crippen molar-refractivity contribution in [2.24, 2.45) is 0 Å². The maximum Gasteiger partial charge on any atom is 0.148 e. The highest BCUT2D eigenvalue weighted by atomic mass is 32.2. The van der Waals surface area contributed by atoms with Crippen molar-refractivity contribution in [3.8, 4) is 0 Å². The Kier molecular flexibility index (Phi) is 6.72. The third-order valence-electron chi connectivity index (χ3n) is 2.50. The molecule has 16 heavy (non-hydrogen) atoms. The molecule has 0 spiro atoms. The number of sulfone groups is 1. The van der Waals surface area contributed by atoms with Crippen molar-refractivity contribution in [3.05, 3.63) is 0 Å². The van der Waals surface area contributed by atoms with Crippen LogP contribution in [0.1, 0.15) is 12.8 Å². The van der Waals surface area contributed by atoms with E-state index in [2.05, 4.69) is 5.32 Å². The Morgan fingerprint density at radius 1 is 1.31 bits per heavy atom. The zero-order valence-corrected chi connectivity index (χ0v) is 11.4. The largest absolute Gasteiger partial charge is 0.381 e. The first kappa shape index (κ1) is 14.3. The van der Waals surface area contributed by atoms with Crippen molar-refractivity contribution in [2.45, 2.75) is 18.9 Å². The van der Waals surface area contributed by atoms with Crippen molar-refractivity contribution in [2.75, 3.05) is 43.3 Å². The maximum absolute atomic E-state index is 10.9. The lowest BCUT2D eigenvalue weighted by atomic mass is 10.1. The summed E-state index contributed by atoms with van der Waals surface area (Å²) in [6.07, 6.45) is 3.47. The highest BCUT2D eigenvalue weighted by Gasteiger charge is 2.12. The predicted molar refractivity (Wildman–Crippen MR) is 68.9 cm³/mol. The van der Waals surface area contributed by atoms with Gasteiger partial charge in [0.1, 0.15) is 9.84 Å². The molecule has 1 aliphatic heterocycles. The van der Waals surface area contributed by atoms with Crippen molar-refractivity contribution in [1.82, 2.24) is 5.32 Å². The van der Waals surface area contributed by atoms with E-state index in [0.717, 1.165) is 38.4 Å². The highest BCUT2D eigenvalue weighted by Crippen LogP contribution is 2.06. The fourth-order valence-corrected chi connectivity index (χ4v) is 3.70. The topological polar surface area (TPSA) is 55.4 Å². The van der Waals surface area contributed by atoms with Gasteiger partial charge in [-0.1, -0.05) is 0 Å². The predicted octanol–water partition coefficient (Wildman–Crippen LogP) is 0.533. The molecule has 1 heterocycles. The standard InChI is InChI=1S/C10H21NO3S2/c1-16(12,13)9-8-15-7-4-11-10-2-5-14-6-3-10/h10-11H,2-9H2,1H3. The molecule has 0 aromatic rings. The minimum Gasteiger partial charge on any atom is -0.381 e. The lowest BCUT2D eigenvalue weighted by Gasteiger charge is -2.23. The van der Waals surface area contributed by atoms with Gasteiger partial charge in [-0.05, 0) is 12.8 Å². The van der Waals surface area contributed by atoms with Gasteiger partial charge in [-0.15, -0.1) is 0 Å². The minimum absolute atomic E-state index is 0.287. The van der Waals surface area contributed by atoms with E-state index < -0.39 is 9.84 Å². The summed E-state index contributed by atoms with van der Waals surface area (Å²) in [4.78, 5) is 0. The SMILES string of the molecule is CS(=O)(=O)CCSCCNC1CCOCC1. The van der Waals surface area contributed by atoms with Crippen molar-refractivity contribution in [3.63, 3.8) is 0 Å². The molecule has 1 aliphatic rings. The van der Waals surface area contributed by atoms with Crippen molar-refractivity contribution < 1.29 is 13.2 Å². The lowest BCUT2D eigenvalue weighted by Crippen LogP contribution is -2.36. The second-order valence-corrected chi connectivity index (χ2v) is 7.57. The van der Waals surface area contributed by atoms with Gasteiger partial charge in [-0.25, -0.2) is 8.42 Å². The van der Waals surface area contributed by atoms with E-state index in [9.17, 15) is 8.42 Å². The van der Waals surface area contributed by atoms with Crippen LogP contribution in [0.3, 0.4) is 0 Å². The molecule has 1 fully saturated rings. The molecule has 96 valence electrons. The van der Waals surface area contributed by atoms with E-state index in [0.29, 0.717) is 11.8 Å². The number of thioether (sulfide) groups is 1. The van der Waals surface area contributed by atoms with Gasteiger partial charge in [0.2, 0.25) is 0 Å². The van der Waals surface area contributed by atoms with Crippen LogP contribution < -0.4 is 5.32 Å². The van der Waals surface area contributed by atoms with E-state index in [1.165, 1.54) is 6.26 Å². The quantitative estimate of drug-likeness (QED) is 0.682. The van der Waals surface area contributed by atoms with Crippen LogP contribution in [0.5, 0.6) is 0 Å². The normalized spacial score (nSPS) is 18.8. The zero-order chi connectivity index (χ0) is 11.9. The summed E-state index contributed by atoms with van der Waals surface area (Å²) in [5.41, 5.74) is 0. The summed E-state index contributed by atoms with van der Waals surface area (Å²) in [5.74, 6) is 1.97. The van der Waals surface area contributed by atoms with Crippen LogP contribution >= 0.6 is 11.8 Å². The van der Waals surface area contributed by atoms with Gasteiger partial charge in [-0.3, -0.25) is 0 Å². The van der Waals surface area contributed by atoms with Crippen LogP contribution in [0.4, 0.5) is 0 Å². The fourth-order valence-electron chi connectivity index (χ4n) is 1.55. The van der Waals surface area contributed by atoms with Crippen LogP contribution in [0.15, 0.2) is 0 Å². The Hall–Kier alpha value is 0.220. The highest BCUT2D eigenvalue weighted by molar-refractivity contribution is 8.00. The van der Waals surface area contributed by atoms with Crippen LogP contribution in [0.2, 0.25) is 0 Å². The summed E-state index contributed by atoms with van der Waals surface area (Å²) in [6, 6.07) is 0.587. The molecule has 0 bridgehead atoms. The molecule has 1 saturated heterocycles. The second-order valence-electron chi connectivity index (χ2n) is 4.08. The molecule has 0 aromatic carbocycles. The monoisotopic (exact) mass is 267 g/mol. The van der Waals surface area contributed by atoms with E-state index in [1.807, 2.05) is 0 Å². The average molecular weight is 267 g/mol. The van der Waals surface area contributed by atoms with Gasteiger partial charge in [0.15, 0.2) is 0 Å². The molecule has 0 amide bonds. The molecule has 6 heteroatoms. The molecule has 1 rings (SSSR count). The van der Waals surface area contributed by atoms with Gasteiger partial charge < -0.3 is 10.1 Å². The number of hydrogen-bond donors (Lipinski definition) is 1. The van der Waals surface area contributed by atoms with Gasteiger partial charge in [-0.2, -0.15) is 11.8 Å². The van der Waals surface area contributed by atoms with Crippen LogP contribution in [-0.4, -0.2) is 57.7 Å². The van der Waals surface area contributed by atoms with E-state index >= 15 is 0 Å². The molecular weight excluding hydrogens is 246 g/mol. The van der Waals surface area contributed by atoms with E-state index in [1.54, 1.807) is 11.8 Å². The smallest absolute Gasteiger partial charge is 0.148 e. The summed E-state index contributed by atoms with van der Waals surface area (Å²) in [7, 11) is -2.79. The summed E-state index contributed by atoms with van der Waals surface area (Å²) >= 11 is 1.70. The second kappa shape index (κ2) is 7.53. The Morgan fingerprint density at radius 2 is 2.00 bits per heavy atom. The Bertz CT molecular complexity index is 274. The molecule has 0 aromatic heterocycles. The molecule has 0 aliphatic carbocycles. The average Bonchev–Trinajstić information content (AvgIpc) is 2.23. The van der Waals surface area contributed by atoms with Crippen molar-refractivity contribution >= 4 is 21.6 Å². The third-order valence-corrected chi connectivity index (χ3v) is 4.69. The molecule has 0 unspecified atom stereocenters. The van der Waals surface area contributed by atoms with Crippen LogP contribution in [0.25, 0.3) is 0 Å². The third kappa shape index (κ3) is 7.49. The fraction of sp³-hybridized carbons (Fsp3) is 1.00. The first-order valence-corrected chi connectivity index (χ1v) is 8.86. The van der Waals surface area contributed by atoms with E-state index in [-0.39, 0.29) is 5.75 Å². The molecule has 4 nitrogen and oxygen atoms in total. The zero-order valence-electron chi connectivity index (χ0n) is 9.78. The molecule has 1 N–H and O–H groups in total. The van der Waals surface area contributed by atoms with E-state index in [4.69, 9.17) is 4.74 Å². The Morgan fingerprint density at radius 3 is 2.62 bits per heavy atom. The first-order chi connectivity index (χ1) is 7.58. The number of nitrogens with one attached hydrogen (secondary N) is 1. The summed E-state index contributed by atoms with van der Waals surface area (Å²) in [5, 5.41) is 3.47. The lowest BCUT2D eigenvalue weighted by molar-refractivity contribution is 0.0786. The minimum atomic E-state index is -2.79. The molecule has 0 atom stereocenters. The number of ether oxygens (including phenoxy) is 1. The van der Waals surface area contributed by atoms with Crippen LogP contribution in [-0.2, 0) is 14.6 Å². The van der Waals surface area contributed by atoms with Gasteiger partial charge in [0.05, 0.1) is 5.75 Å². The molecular formula is C10H21NO3S2. The Balaban J connectivity index is 1.91. The van der Waals surface area contributed by atoms with Crippen LogP contribution in [0, 0.1) is 0 Å².